The Bertz CT molecular complexity index is 378. The Morgan fingerprint density at radius 3 is 2.38 bits per heavy atom. The number of rotatable bonds is 1. The van der Waals surface area contributed by atoms with E-state index in [-0.39, 0.29) is 5.41 Å². The van der Waals surface area contributed by atoms with Crippen molar-refractivity contribution in [3.63, 3.8) is 0 Å². The highest BCUT2D eigenvalue weighted by atomic mass is 79.9. The molecule has 1 aromatic heterocycles. The number of anilines is 1. The summed E-state index contributed by atoms with van der Waals surface area (Å²) >= 11 is 3.40. The van der Waals surface area contributed by atoms with E-state index in [9.17, 15) is 0 Å². The summed E-state index contributed by atoms with van der Waals surface area (Å²) in [6.45, 7) is 8.76. The van der Waals surface area contributed by atoms with Gasteiger partial charge in [0.1, 0.15) is 5.82 Å². The molecule has 0 radical (unpaired) electrons. The van der Waals surface area contributed by atoms with Gasteiger partial charge in [-0.1, -0.05) is 20.8 Å². The highest BCUT2D eigenvalue weighted by Gasteiger charge is 2.20. The second kappa shape index (κ2) is 4.32. The quantitative estimate of drug-likeness (QED) is 0.742. The first-order valence-corrected chi connectivity index (χ1v) is 6.56. The first kappa shape index (κ1) is 11.8. The average molecular weight is 284 g/mol. The first-order valence-electron chi connectivity index (χ1n) is 5.77. The molecule has 16 heavy (non-hydrogen) atoms. The SMILES string of the molecule is CC(C)(C)c1cc(N2CCCC2)nc(Br)n1. The van der Waals surface area contributed by atoms with Crippen LogP contribution in [0.3, 0.4) is 0 Å². The number of hydrogen-bond donors (Lipinski definition) is 0. The van der Waals surface area contributed by atoms with Gasteiger partial charge >= 0.3 is 0 Å². The van der Waals surface area contributed by atoms with Crippen molar-refractivity contribution >= 4 is 21.7 Å². The Kier molecular flexibility index (Phi) is 3.19. The van der Waals surface area contributed by atoms with Crippen molar-refractivity contribution in [3.8, 4) is 0 Å². The number of halogens is 1. The maximum Gasteiger partial charge on any atom is 0.198 e. The summed E-state index contributed by atoms with van der Waals surface area (Å²) in [6.07, 6.45) is 2.54. The van der Waals surface area contributed by atoms with Crippen LogP contribution in [-0.4, -0.2) is 23.1 Å². The second-order valence-corrected chi connectivity index (χ2v) is 6.03. The van der Waals surface area contributed by atoms with E-state index < -0.39 is 0 Å². The minimum atomic E-state index is 0.0694. The molecule has 88 valence electrons. The minimum absolute atomic E-state index is 0.0694. The van der Waals surface area contributed by atoms with Gasteiger partial charge in [-0.05, 0) is 28.8 Å². The lowest BCUT2D eigenvalue weighted by Gasteiger charge is -2.22. The molecule has 0 unspecified atom stereocenters. The number of nitrogens with zero attached hydrogens (tertiary/aromatic N) is 3. The molecular weight excluding hydrogens is 266 g/mol. The normalized spacial score (nSPS) is 16.9. The lowest BCUT2D eigenvalue weighted by Crippen LogP contribution is -2.22. The van der Waals surface area contributed by atoms with Gasteiger partial charge in [-0.25, -0.2) is 9.97 Å². The van der Waals surface area contributed by atoms with Crippen LogP contribution in [-0.2, 0) is 5.41 Å². The van der Waals surface area contributed by atoms with Crippen LogP contribution in [0.1, 0.15) is 39.3 Å². The molecule has 1 saturated heterocycles. The van der Waals surface area contributed by atoms with Gasteiger partial charge < -0.3 is 4.90 Å². The molecule has 0 aromatic carbocycles. The molecule has 0 N–H and O–H groups in total. The van der Waals surface area contributed by atoms with E-state index in [4.69, 9.17) is 0 Å². The zero-order valence-electron chi connectivity index (χ0n) is 10.1. The molecule has 0 spiro atoms. The zero-order valence-corrected chi connectivity index (χ0v) is 11.7. The molecule has 2 heterocycles. The van der Waals surface area contributed by atoms with Gasteiger partial charge in [-0.2, -0.15) is 0 Å². The third-order valence-electron chi connectivity index (χ3n) is 2.88. The van der Waals surface area contributed by atoms with Gasteiger partial charge in [0.2, 0.25) is 0 Å². The smallest absolute Gasteiger partial charge is 0.198 e. The molecule has 0 bridgehead atoms. The Morgan fingerprint density at radius 2 is 1.81 bits per heavy atom. The molecular formula is C12H18BrN3. The van der Waals surface area contributed by atoms with Crippen LogP contribution in [0.4, 0.5) is 5.82 Å². The van der Waals surface area contributed by atoms with Crippen molar-refractivity contribution < 1.29 is 0 Å². The largest absolute Gasteiger partial charge is 0.356 e. The molecule has 1 fully saturated rings. The van der Waals surface area contributed by atoms with Gasteiger partial charge in [-0.3, -0.25) is 0 Å². The van der Waals surface area contributed by atoms with E-state index in [1.807, 2.05) is 0 Å². The highest BCUT2D eigenvalue weighted by molar-refractivity contribution is 9.10. The highest BCUT2D eigenvalue weighted by Crippen LogP contribution is 2.26. The summed E-state index contributed by atoms with van der Waals surface area (Å²) in [4.78, 5) is 11.3. The van der Waals surface area contributed by atoms with Crippen molar-refractivity contribution in [1.82, 2.24) is 9.97 Å². The summed E-state index contributed by atoms with van der Waals surface area (Å²) in [6, 6.07) is 2.12. The standard InChI is InChI=1S/C12H18BrN3/c1-12(2,3)9-8-10(15-11(13)14-9)16-6-4-5-7-16/h8H,4-7H2,1-3H3. The van der Waals surface area contributed by atoms with Gasteiger partial charge in [0.05, 0.1) is 5.69 Å². The van der Waals surface area contributed by atoms with Gasteiger partial charge in [0.25, 0.3) is 0 Å². The first-order chi connectivity index (χ1) is 7.47. The van der Waals surface area contributed by atoms with Crippen molar-refractivity contribution in [2.45, 2.75) is 39.0 Å². The van der Waals surface area contributed by atoms with E-state index in [0.29, 0.717) is 4.73 Å². The van der Waals surface area contributed by atoms with E-state index in [2.05, 4.69) is 57.6 Å². The Morgan fingerprint density at radius 1 is 1.19 bits per heavy atom. The molecule has 0 atom stereocenters. The van der Waals surface area contributed by atoms with Gasteiger partial charge in [-0.15, -0.1) is 0 Å². The molecule has 1 aromatic rings. The molecule has 2 rings (SSSR count). The molecule has 0 amide bonds. The van der Waals surface area contributed by atoms with Crippen LogP contribution in [0.25, 0.3) is 0 Å². The summed E-state index contributed by atoms with van der Waals surface area (Å²) in [5, 5.41) is 0. The zero-order chi connectivity index (χ0) is 11.8. The second-order valence-electron chi connectivity index (χ2n) is 5.32. The predicted octanol–water partition coefficient (Wildman–Crippen LogP) is 3.14. The summed E-state index contributed by atoms with van der Waals surface area (Å²) in [5.41, 5.74) is 1.16. The van der Waals surface area contributed by atoms with Crippen molar-refractivity contribution in [2.75, 3.05) is 18.0 Å². The van der Waals surface area contributed by atoms with Crippen LogP contribution in [0.2, 0.25) is 0 Å². The van der Waals surface area contributed by atoms with Crippen molar-refractivity contribution in [2.24, 2.45) is 0 Å². The van der Waals surface area contributed by atoms with E-state index in [1.54, 1.807) is 0 Å². The number of hydrogen-bond acceptors (Lipinski definition) is 3. The average Bonchev–Trinajstić information content (AvgIpc) is 2.68. The maximum absolute atomic E-state index is 4.46. The van der Waals surface area contributed by atoms with Crippen molar-refractivity contribution in [3.05, 3.63) is 16.5 Å². The van der Waals surface area contributed by atoms with Crippen molar-refractivity contribution in [1.29, 1.82) is 0 Å². The summed E-state index contributed by atoms with van der Waals surface area (Å²) in [7, 11) is 0. The molecule has 0 aliphatic carbocycles. The van der Waals surface area contributed by atoms with E-state index >= 15 is 0 Å². The summed E-state index contributed by atoms with van der Waals surface area (Å²) < 4.78 is 0.696. The monoisotopic (exact) mass is 283 g/mol. The van der Waals surface area contributed by atoms with Crippen LogP contribution in [0.15, 0.2) is 10.8 Å². The van der Waals surface area contributed by atoms with Crippen LogP contribution in [0.5, 0.6) is 0 Å². The van der Waals surface area contributed by atoms with Crippen LogP contribution >= 0.6 is 15.9 Å². The fourth-order valence-electron chi connectivity index (χ4n) is 1.90. The molecule has 1 aliphatic heterocycles. The topological polar surface area (TPSA) is 29.0 Å². The van der Waals surface area contributed by atoms with E-state index in [0.717, 1.165) is 24.6 Å². The molecule has 1 aliphatic rings. The van der Waals surface area contributed by atoms with E-state index in [1.165, 1.54) is 12.8 Å². The van der Waals surface area contributed by atoms with Crippen LogP contribution in [0, 0.1) is 0 Å². The lowest BCUT2D eigenvalue weighted by atomic mass is 9.92. The molecule has 3 nitrogen and oxygen atoms in total. The Labute approximate surface area is 105 Å². The Balaban J connectivity index is 2.35. The van der Waals surface area contributed by atoms with Gasteiger partial charge in [0, 0.05) is 24.6 Å². The minimum Gasteiger partial charge on any atom is -0.356 e. The number of aromatic nitrogens is 2. The molecule has 4 heteroatoms. The van der Waals surface area contributed by atoms with Crippen LogP contribution < -0.4 is 4.90 Å². The molecule has 0 saturated carbocycles. The van der Waals surface area contributed by atoms with Gasteiger partial charge in [0.15, 0.2) is 4.73 Å². The summed E-state index contributed by atoms with van der Waals surface area (Å²) in [5.74, 6) is 1.06. The maximum atomic E-state index is 4.46. The fraction of sp³-hybridized carbons (Fsp3) is 0.667. The Hall–Kier alpha value is -0.640. The predicted molar refractivity (Wildman–Crippen MR) is 69.9 cm³/mol. The third kappa shape index (κ3) is 2.54. The third-order valence-corrected chi connectivity index (χ3v) is 3.24. The lowest BCUT2D eigenvalue weighted by molar-refractivity contribution is 0.564. The fourth-order valence-corrected chi connectivity index (χ4v) is 2.27.